The Balaban J connectivity index is 1.43. The Morgan fingerprint density at radius 1 is 1.03 bits per heavy atom. The highest BCUT2D eigenvalue weighted by Crippen LogP contribution is 2.40. The summed E-state index contributed by atoms with van der Waals surface area (Å²) in [4.78, 5) is 8.69. The number of fused-ring (bicyclic) bond motifs is 1. The van der Waals surface area contributed by atoms with Gasteiger partial charge < -0.3 is 14.8 Å². The standard InChI is InChI=1S/C30H38FN3/c1-33(2)30(22-23-9-5-3-6-10-23)16-13-24(14-17-30)29-26(15-20-34-18-7-4-8-19-34)27-21-25(31)11-12-28(27)32-29/h3,5-6,9-13,21,32H,4,7-8,14-20,22H2,1-2H3. The van der Waals surface area contributed by atoms with Gasteiger partial charge in [0, 0.05) is 28.7 Å². The lowest BCUT2D eigenvalue weighted by atomic mass is 9.76. The molecular formula is C30H38FN3. The van der Waals surface area contributed by atoms with Gasteiger partial charge in [0.15, 0.2) is 0 Å². The lowest BCUT2D eigenvalue weighted by Crippen LogP contribution is -2.47. The van der Waals surface area contributed by atoms with E-state index in [1.165, 1.54) is 54.7 Å². The largest absolute Gasteiger partial charge is 0.355 e. The van der Waals surface area contributed by atoms with Crippen molar-refractivity contribution < 1.29 is 4.39 Å². The van der Waals surface area contributed by atoms with Crippen molar-refractivity contribution in [3.63, 3.8) is 0 Å². The highest BCUT2D eigenvalue weighted by Gasteiger charge is 2.35. The number of nitrogens with zero attached hydrogens (tertiary/aromatic N) is 2. The first-order chi connectivity index (χ1) is 16.5. The van der Waals surface area contributed by atoms with Crippen molar-refractivity contribution >= 4 is 16.5 Å². The molecule has 4 heteroatoms. The van der Waals surface area contributed by atoms with E-state index in [1.54, 1.807) is 12.1 Å². The molecule has 1 aliphatic heterocycles. The third kappa shape index (κ3) is 4.85. The highest BCUT2D eigenvalue weighted by atomic mass is 19.1. The van der Waals surface area contributed by atoms with Crippen LogP contribution in [-0.4, -0.2) is 54.1 Å². The van der Waals surface area contributed by atoms with Crippen molar-refractivity contribution in [1.82, 2.24) is 14.8 Å². The summed E-state index contributed by atoms with van der Waals surface area (Å²) in [6.45, 7) is 3.44. The molecule has 1 atom stereocenters. The van der Waals surface area contributed by atoms with E-state index < -0.39 is 0 Å². The summed E-state index contributed by atoms with van der Waals surface area (Å²) in [6.07, 6.45) is 11.6. The SMILES string of the molecule is CN(C)C1(Cc2ccccc2)CC=C(c2[nH]c3ccc(F)cc3c2CCN2CCCCC2)CC1. The minimum absolute atomic E-state index is 0.136. The summed E-state index contributed by atoms with van der Waals surface area (Å²) in [6, 6.07) is 16.1. The zero-order valence-electron chi connectivity index (χ0n) is 20.7. The fourth-order valence-corrected chi connectivity index (χ4v) is 6.02. The maximum Gasteiger partial charge on any atom is 0.123 e. The number of hydrogen-bond donors (Lipinski definition) is 1. The summed E-state index contributed by atoms with van der Waals surface area (Å²) in [5.74, 6) is -0.149. The van der Waals surface area contributed by atoms with Crippen LogP contribution >= 0.6 is 0 Å². The van der Waals surface area contributed by atoms with Crippen LogP contribution in [0.4, 0.5) is 4.39 Å². The number of aromatic nitrogens is 1. The Morgan fingerprint density at radius 2 is 1.82 bits per heavy atom. The number of nitrogens with one attached hydrogen (secondary N) is 1. The van der Waals surface area contributed by atoms with Crippen LogP contribution in [0.1, 0.15) is 55.3 Å². The molecule has 2 aliphatic rings. The molecule has 0 radical (unpaired) electrons. The number of likely N-dealkylation sites (N-methyl/N-ethyl adjacent to an activating group) is 1. The van der Waals surface area contributed by atoms with Gasteiger partial charge in [-0.3, -0.25) is 0 Å². The Kier molecular flexibility index (Phi) is 6.89. The van der Waals surface area contributed by atoms with E-state index in [9.17, 15) is 4.39 Å². The zero-order valence-corrected chi connectivity index (χ0v) is 20.7. The molecule has 2 heterocycles. The second-order valence-electron chi connectivity index (χ2n) is 10.5. The molecule has 3 nitrogen and oxygen atoms in total. The van der Waals surface area contributed by atoms with Gasteiger partial charge >= 0.3 is 0 Å². The number of piperidine rings is 1. The quantitative estimate of drug-likeness (QED) is 0.439. The molecule has 0 amide bonds. The van der Waals surface area contributed by atoms with Crippen molar-refractivity contribution in [1.29, 1.82) is 0 Å². The van der Waals surface area contributed by atoms with Gasteiger partial charge in [-0.2, -0.15) is 0 Å². The summed E-state index contributed by atoms with van der Waals surface area (Å²) in [5.41, 5.74) is 6.53. The van der Waals surface area contributed by atoms with Crippen molar-refractivity contribution in [2.45, 2.75) is 56.9 Å². The molecule has 1 aromatic heterocycles. The first-order valence-corrected chi connectivity index (χ1v) is 13.0. The average Bonchev–Trinajstić information content (AvgIpc) is 3.22. The lowest BCUT2D eigenvalue weighted by Gasteiger charge is -2.42. The van der Waals surface area contributed by atoms with Crippen molar-refractivity contribution in [2.75, 3.05) is 33.7 Å². The second kappa shape index (κ2) is 10.1. The smallest absolute Gasteiger partial charge is 0.123 e. The molecule has 0 spiro atoms. The van der Waals surface area contributed by atoms with Gasteiger partial charge in [-0.25, -0.2) is 4.39 Å². The first-order valence-electron chi connectivity index (χ1n) is 13.0. The minimum Gasteiger partial charge on any atom is -0.355 e. The number of benzene rings is 2. The number of likely N-dealkylation sites (tertiary alicyclic amines) is 1. The minimum atomic E-state index is -0.149. The Bertz CT molecular complexity index is 1140. The number of hydrogen-bond acceptors (Lipinski definition) is 2. The predicted octanol–water partition coefficient (Wildman–Crippen LogP) is 6.45. The van der Waals surface area contributed by atoms with Gasteiger partial charge in [-0.15, -0.1) is 0 Å². The van der Waals surface area contributed by atoms with E-state index in [-0.39, 0.29) is 11.4 Å². The van der Waals surface area contributed by atoms with E-state index in [4.69, 9.17) is 0 Å². The monoisotopic (exact) mass is 459 g/mol. The highest BCUT2D eigenvalue weighted by molar-refractivity contribution is 5.89. The first kappa shape index (κ1) is 23.3. The van der Waals surface area contributed by atoms with E-state index in [0.717, 1.165) is 49.6 Å². The number of H-pyrrole nitrogens is 1. The predicted molar refractivity (Wildman–Crippen MR) is 141 cm³/mol. The second-order valence-corrected chi connectivity index (χ2v) is 10.5. The van der Waals surface area contributed by atoms with Gasteiger partial charge in [0.2, 0.25) is 0 Å². The van der Waals surface area contributed by atoms with Crippen molar-refractivity contribution in [3.05, 3.63) is 77.2 Å². The number of halogens is 1. The third-order valence-electron chi connectivity index (χ3n) is 8.23. The molecule has 1 N–H and O–H groups in total. The summed E-state index contributed by atoms with van der Waals surface area (Å²) < 4.78 is 14.2. The Hall–Kier alpha value is -2.43. The third-order valence-corrected chi connectivity index (χ3v) is 8.23. The molecule has 0 saturated carbocycles. The Morgan fingerprint density at radius 3 is 2.53 bits per heavy atom. The fourth-order valence-electron chi connectivity index (χ4n) is 6.02. The normalized spacial score (nSPS) is 21.8. The van der Waals surface area contributed by atoms with Crippen molar-refractivity contribution in [3.8, 4) is 0 Å². The number of allylic oxidation sites excluding steroid dienone is 1. The molecule has 1 unspecified atom stereocenters. The molecule has 0 bridgehead atoms. The van der Waals surface area contributed by atoms with Crippen LogP contribution in [0, 0.1) is 5.82 Å². The van der Waals surface area contributed by atoms with Crippen LogP contribution in [0.5, 0.6) is 0 Å². The molecule has 5 rings (SSSR count). The molecule has 3 aromatic rings. The number of rotatable bonds is 7. The van der Waals surface area contributed by atoms with Crippen LogP contribution in [0.15, 0.2) is 54.6 Å². The summed E-state index contributed by atoms with van der Waals surface area (Å²) in [7, 11) is 4.44. The van der Waals surface area contributed by atoms with Crippen LogP contribution in [0.2, 0.25) is 0 Å². The van der Waals surface area contributed by atoms with Gasteiger partial charge in [0.05, 0.1) is 0 Å². The number of aromatic amines is 1. The molecule has 1 fully saturated rings. The van der Waals surface area contributed by atoms with E-state index >= 15 is 0 Å². The van der Waals surface area contributed by atoms with Gasteiger partial charge in [0.1, 0.15) is 5.82 Å². The maximum atomic E-state index is 14.2. The topological polar surface area (TPSA) is 22.3 Å². The molecule has 34 heavy (non-hydrogen) atoms. The van der Waals surface area contributed by atoms with E-state index in [0.29, 0.717) is 0 Å². The van der Waals surface area contributed by atoms with Gasteiger partial charge in [-0.1, -0.05) is 42.8 Å². The summed E-state index contributed by atoms with van der Waals surface area (Å²) >= 11 is 0. The van der Waals surface area contributed by atoms with Crippen LogP contribution in [0.3, 0.4) is 0 Å². The maximum absolute atomic E-state index is 14.2. The summed E-state index contributed by atoms with van der Waals surface area (Å²) in [5, 5.41) is 1.06. The average molecular weight is 460 g/mol. The molecule has 2 aromatic carbocycles. The molecule has 180 valence electrons. The van der Waals surface area contributed by atoms with Crippen LogP contribution in [0.25, 0.3) is 16.5 Å². The zero-order chi connectivity index (χ0) is 23.5. The van der Waals surface area contributed by atoms with E-state index in [2.05, 4.69) is 65.3 Å². The van der Waals surface area contributed by atoms with Crippen molar-refractivity contribution in [2.24, 2.45) is 0 Å². The van der Waals surface area contributed by atoms with Gasteiger partial charge in [-0.05, 0) is 107 Å². The molecule has 1 saturated heterocycles. The van der Waals surface area contributed by atoms with Crippen LogP contribution < -0.4 is 0 Å². The lowest BCUT2D eigenvalue weighted by molar-refractivity contribution is 0.138. The molecule has 1 aliphatic carbocycles. The van der Waals surface area contributed by atoms with Gasteiger partial charge in [0.25, 0.3) is 0 Å². The Labute approximate surface area is 203 Å². The molecular weight excluding hydrogens is 421 g/mol. The van der Waals surface area contributed by atoms with Crippen LogP contribution in [-0.2, 0) is 12.8 Å². The van der Waals surface area contributed by atoms with E-state index in [1.807, 2.05) is 6.07 Å². The fraction of sp³-hybridized carbons (Fsp3) is 0.467.